The van der Waals surface area contributed by atoms with E-state index in [0.717, 1.165) is 23.2 Å². The molecule has 0 spiro atoms. The minimum atomic E-state index is -0.0306. The maximum Gasteiger partial charge on any atom is 0.244 e. The van der Waals surface area contributed by atoms with Crippen LogP contribution in [0.3, 0.4) is 0 Å². The standard InChI is InChI=1S/C14H17N3O/c1-3-12-6-4-5-11(2)14(12)16-13(18)9-17-8-7-15-10-17/h4-8,10H,3,9H2,1-2H3,(H,16,18). The average molecular weight is 243 g/mol. The minimum absolute atomic E-state index is 0.0306. The van der Waals surface area contributed by atoms with E-state index in [1.54, 1.807) is 23.3 Å². The minimum Gasteiger partial charge on any atom is -0.328 e. The van der Waals surface area contributed by atoms with Crippen molar-refractivity contribution in [2.24, 2.45) is 0 Å². The highest BCUT2D eigenvalue weighted by Gasteiger charge is 2.08. The first-order chi connectivity index (χ1) is 8.70. The number of carbonyl (C=O) groups is 1. The van der Waals surface area contributed by atoms with Gasteiger partial charge in [0.2, 0.25) is 5.91 Å². The van der Waals surface area contributed by atoms with Crippen LogP contribution in [0.15, 0.2) is 36.9 Å². The van der Waals surface area contributed by atoms with Gasteiger partial charge in [0.05, 0.1) is 6.33 Å². The van der Waals surface area contributed by atoms with E-state index in [-0.39, 0.29) is 12.5 Å². The summed E-state index contributed by atoms with van der Waals surface area (Å²) in [5.41, 5.74) is 3.19. The lowest BCUT2D eigenvalue weighted by Crippen LogP contribution is -2.19. The molecule has 2 rings (SSSR count). The number of aromatic nitrogens is 2. The van der Waals surface area contributed by atoms with Crippen LogP contribution < -0.4 is 5.32 Å². The molecule has 4 heteroatoms. The molecule has 0 bridgehead atoms. The lowest BCUT2D eigenvalue weighted by Gasteiger charge is -2.13. The van der Waals surface area contributed by atoms with E-state index in [0.29, 0.717) is 0 Å². The van der Waals surface area contributed by atoms with E-state index in [2.05, 4.69) is 17.2 Å². The van der Waals surface area contributed by atoms with E-state index in [1.165, 1.54) is 0 Å². The lowest BCUT2D eigenvalue weighted by atomic mass is 10.1. The number of nitrogens with zero attached hydrogens (tertiary/aromatic N) is 2. The summed E-state index contributed by atoms with van der Waals surface area (Å²) >= 11 is 0. The maximum atomic E-state index is 11.9. The Morgan fingerprint density at radius 1 is 1.44 bits per heavy atom. The van der Waals surface area contributed by atoms with E-state index >= 15 is 0 Å². The molecule has 18 heavy (non-hydrogen) atoms. The van der Waals surface area contributed by atoms with Crippen LogP contribution in [0, 0.1) is 6.92 Å². The van der Waals surface area contributed by atoms with Gasteiger partial charge < -0.3 is 9.88 Å². The molecule has 0 fully saturated rings. The van der Waals surface area contributed by atoms with Gasteiger partial charge in [-0.2, -0.15) is 0 Å². The second kappa shape index (κ2) is 5.49. The van der Waals surface area contributed by atoms with Crippen molar-refractivity contribution in [2.75, 3.05) is 5.32 Å². The zero-order valence-corrected chi connectivity index (χ0v) is 10.7. The third kappa shape index (κ3) is 2.77. The molecule has 2 aromatic rings. The number of imidazole rings is 1. The number of anilines is 1. The summed E-state index contributed by atoms with van der Waals surface area (Å²) in [6, 6.07) is 6.06. The Morgan fingerprint density at radius 2 is 2.28 bits per heavy atom. The Kier molecular flexibility index (Phi) is 3.77. The van der Waals surface area contributed by atoms with Gasteiger partial charge in [-0.25, -0.2) is 4.98 Å². The van der Waals surface area contributed by atoms with Crippen molar-refractivity contribution in [2.45, 2.75) is 26.8 Å². The van der Waals surface area contributed by atoms with Crippen LogP contribution >= 0.6 is 0 Å². The number of aryl methyl sites for hydroxylation is 2. The summed E-state index contributed by atoms with van der Waals surface area (Å²) in [5, 5.41) is 2.98. The first-order valence-electron chi connectivity index (χ1n) is 6.04. The molecule has 1 amide bonds. The Hall–Kier alpha value is -2.10. The molecule has 1 N–H and O–H groups in total. The van der Waals surface area contributed by atoms with Crippen LogP contribution in [0.25, 0.3) is 0 Å². The summed E-state index contributed by atoms with van der Waals surface area (Å²) in [5.74, 6) is -0.0306. The Bertz CT molecular complexity index is 532. The average Bonchev–Trinajstić information content (AvgIpc) is 2.84. The maximum absolute atomic E-state index is 11.9. The fourth-order valence-corrected chi connectivity index (χ4v) is 1.93. The summed E-state index contributed by atoms with van der Waals surface area (Å²) < 4.78 is 1.75. The fourth-order valence-electron chi connectivity index (χ4n) is 1.93. The number of carbonyl (C=O) groups excluding carboxylic acids is 1. The SMILES string of the molecule is CCc1cccc(C)c1NC(=O)Cn1ccnc1. The van der Waals surface area contributed by atoms with Gasteiger partial charge in [-0.15, -0.1) is 0 Å². The summed E-state index contributed by atoms with van der Waals surface area (Å²) in [4.78, 5) is 15.9. The van der Waals surface area contributed by atoms with Gasteiger partial charge in [0.15, 0.2) is 0 Å². The Labute approximate surface area is 107 Å². The van der Waals surface area contributed by atoms with Crippen molar-refractivity contribution in [3.8, 4) is 0 Å². The lowest BCUT2D eigenvalue weighted by molar-refractivity contribution is -0.116. The van der Waals surface area contributed by atoms with Crippen LogP contribution in [0.5, 0.6) is 0 Å². The molecule has 0 atom stereocenters. The predicted molar refractivity (Wildman–Crippen MR) is 71.4 cm³/mol. The van der Waals surface area contributed by atoms with Gasteiger partial charge in [-0.05, 0) is 24.5 Å². The number of amides is 1. The van der Waals surface area contributed by atoms with Crippen LogP contribution in [-0.2, 0) is 17.8 Å². The second-order valence-electron chi connectivity index (χ2n) is 4.25. The monoisotopic (exact) mass is 243 g/mol. The molecule has 1 heterocycles. The molecule has 0 aliphatic heterocycles. The van der Waals surface area contributed by atoms with Gasteiger partial charge >= 0.3 is 0 Å². The van der Waals surface area contributed by atoms with Gasteiger partial charge in [0, 0.05) is 18.1 Å². The zero-order chi connectivity index (χ0) is 13.0. The first-order valence-corrected chi connectivity index (χ1v) is 6.04. The molecule has 94 valence electrons. The summed E-state index contributed by atoms with van der Waals surface area (Å²) in [6.45, 7) is 4.38. The molecule has 0 aliphatic rings. The van der Waals surface area contributed by atoms with E-state index in [1.807, 2.05) is 25.1 Å². The number of para-hydroxylation sites is 1. The van der Waals surface area contributed by atoms with Crippen molar-refractivity contribution in [3.05, 3.63) is 48.0 Å². The molecule has 0 aliphatic carbocycles. The molecule has 0 radical (unpaired) electrons. The normalized spacial score (nSPS) is 10.3. The first kappa shape index (κ1) is 12.4. The van der Waals surface area contributed by atoms with Crippen LogP contribution in [-0.4, -0.2) is 15.5 Å². The quantitative estimate of drug-likeness (QED) is 0.896. The van der Waals surface area contributed by atoms with Crippen molar-refractivity contribution < 1.29 is 4.79 Å². The number of benzene rings is 1. The predicted octanol–water partition coefficient (Wildman–Crippen LogP) is 2.39. The molecule has 4 nitrogen and oxygen atoms in total. The van der Waals surface area contributed by atoms with Crippen LogP contribution in [0.4, 0.5) is 5.69 Å². The molecule has 0 unspecified atom stereocenters. The number of rotatable bonds is 4. The summed E-state index contributed by atoms with van der Waals surface area (Å²) in [6.07, 6.45) is 5.98. The molecular weight excluding hydrogens is 226 g/mol. The zero-order valence-electron chi connectivity index (χ0n) is 10.7. The largest absolute Gasteiger partial charge is 0.328 e. The third-order valence-corrected chi connectivity index (χ3v) is 2.89. The second-order valence-corrected chi connectivity index (χ2v) is 4.25. The van der Waals surface area contributed by atoms with Gasteiger partial charge in [0.25, 0.3) is 0 Å². The highest BCUT2D eigenvalue weighted by atomic mass is 16.1. The highest BCUT2D eigenvalue weighted by Crippen LogP contribution is 2.20. The van der Waals surface area contributed by atoms with Crippen molar-refractivity contribution >= 4 is 11.6 Å². The summed E-state index contributed by atoms with van der Waals surface area (Å²) in [7, 11) is 0. The highest BCUT2D eigenvalue weighted by molar-refractivity contribution is 5.92. The van der Waals surface area contributed by atoms with Crippen molar-refractivity contribution in [1.82, 2.24) is 9.55 Å². The topological polar surface area (TPSA) is 46.9 Å². The van der Waals surface area contributed by atoms with E-state index in [9.17, 15) is 4.79 Å². The smallest absolute Gasteiger partial charge is 0.244 e. The van der Waals surface area contributed by atoms with Gasteiger partial charge in [0.1, 0.15) is 6.54 Å². The van der Waals surface area contributed by atoms with Gasteiger partial charge in [-0.3, -0.25) is 4.79 Å². The third-order valence-electron chi connectivity index (χ3n) is 2.89. The Balaban J connectivity index is 2.11. The van der Waals surface area contributed by atoms with Crippen molar-refractivity contribution in [3.63, 3.8) is 0 Å². The molecular formula is C14H17N3O. The van der Waals surface area contributed by atoms with Crippen molar-refractivity contribution in [1.29, 1.82) is 0 Å². The van der Waals surface area contributed by atoms with Crippen LogP contribution in [0.2, 0.25) is 0 Å². The Morgan fingerprint density at radius 3 is 2.94 bits per heavy atom. The van der Waals surface area contributed by atoms with Crippen LogP contribution in [0.1, 0.15) is 18.1 Å². The number of hydrogen-bond acceptors (Lipinski definition) is 2. The molecule has 0 saturated heterocycles. The number of nitrogens with one attached hydrogen (secondary N) is 1. The number of hydrogen-bond donors (Lipinski definition) is 1. The van der Waals surface area contributed by atoms with E-state index < -0.39 is 0 Å². The molecule has 0 saturated carbocycles. The molecule has 1 aromatic carbocycles. The van der Waals surface area contributed by atoms with Gasteiger partial charge in [-0.1, -0.05) is 25.1 Å². The fraction of sp³-hybridized carbons (Fsp3) is 0.286. The van der Waals surface area contributed by atoms with E-state index in [4.69, 9.17) is 0 Å². The molecule has 1 aromatic heterocycles.